The topological polar surface area (TPSA) is 84.7 Å². The summed E-state index contributed by atoms with van der Waals surface area (Å²) in [4.78, 5) is 15.2. The predicted octanol–water partition coefficient (Wildman–Crippen LogP) is 0.414. The summed E-state index contributed by atoms with van der Waals surface area (Å²) in [6.07, 6.45) is 3.08. The van der Waals surface area contributed by atoms with E-state index in [9.17, 15) is 4.79 Å². The van der Waals surface area contributed by atoms with Gasteiger partial charge in [-0.05, 0) is 18.2 Å². The molecule has 14 heavy (non-hydrogen) atoms. The molecule has 0 bridgehead atoms. The number of nitrogens with zero attached hydrogens (tertiary/aromatic N) is 2. The first-order chi connectivity index (χ1) is 6.77. The average molecular weight is 188 g/mol. The predicted molar refractivity (Wildman–Crippen MR) is 52.5 cm³/mol. The molecule has 5 heteroatoms. The van der Waals surface area contributed by atoms with Crippen molar-refractivity contribution in [1.29, 1.82) is 0 Å². The van der Waals surface area contributed by atoms with Gasteiger partial charge in [-0.25, -0.2) is 10.1 Å². The molecule has 0 unspecified atom stereocenters. The van der Waals surface area contributed by atoms with Crippen molar-refractivity contribution in [2.45, 2.75) is 0 Å². The maximum Gasteiger partial charge on any atom is 0.272 e. The minimum Gasteiger partial charge on any atom is -0.384 e. The van der Waals surface area contributed by atoms with Gasteiger partial charge in [-0.15, -0.1) is 0 Å². The number of hydrogen-bond donors (Lipinski definition) is 2. The van der Waals surface area contributed by atoms with Gasteiger partial charge in [0.25, 0.3) is 5.56 Å². The lowest BCUT2D eigenvalue weighted by Gasteiger charge is -1.98. The summed E-state index contributed by atoms with van der Waals surface area (Å²) < 4.78 is 0. The second kappa shape index (κ2) is 3.29. The zero-order chi connectivity index (χ0) is 9.97. The second-order valence-electron chi connectivity index (χ2n) is 2.77. The molecule has 0 aliphatic rings. The van der Waals surface area contributed by atoms with Crippen molar-refractivity contribution in [3.8, 4) is 11.1 Å². The molecule has 0 fully saturated rings. The molecule has 0 radical (unpaired) electrons. The van der Waals surface area contributed by atoms with Crippen molar-refractivity contribution >= 4 is 5.82 Å². The van der Waals surface area contributed by atoms with Crippen LogP contribution in [0.2, 0.25) is 0 Å². The maximum absolute atomic E-state index is 11.3. The van der Waals surface area contributed by atoms with Crippen LogP contribution in [0, 0.1) is 0 Å². The smallest absolute Gasteiger partial charge is 0.272 e. The third-order valence-corrected chi connectivity index (χ3v) is 1.82. The number of nitrogen functional groups attached to an aromatic ring is 1. The lowest BCUT2D eigenvalue weighted by atomic mass is 10.1. The first-order valence-corrected chi connectivity index (χ1v) is 4.03. The Kier molecular flexibility index (Phi) is 1.98. The van der Waals surface area contributed by atoms with E-state index >= 15 is 0 Å². The van der Waals surface area contributed by atoms with E-state index in [4.69, 9.17) is 5.73 Å². The molecule has 5 nitrogen and oxygen atoms in total. The lowest BCUT2D eigenvalue weighted by Crippen LogP contribution is -2.09. The zero-order valence-electron chi connectivity index (χ0n) is 7.27. The van der Waals surface area contributed by atoms with Crippen LogP contribution in [0.3, 0.4) is 0 Å². The van der Waals surface area contributed by atoms with E-state index in [1.165, 1.54) is 6.20 Å². The molecule has 0 saturated carbocycles. The zero-order valence-corrected chi connectivity index (χ0v) is 7.27. The van der Waals surface area contributed by atoms with E-state index < -0.39 is 0 Å². The molecule has 2 heterocycles. The monoisotopic (exact) mass is 188 g/mol. The molecular weight excluding hydrogens is 180 g/mol. The van der Waals surface area contributed by atoms with Crippen molar-refractivity contribution in [1.82, 2.24) is 15.2 Å². The van der Waals surface area contributed by atoms with Crippen molar-refractivity contribution in [2.24, 2.45) is 0 Å². The highest BCUT2D eigenvalue weighted by Gasteiger charge is 2.01. The van der Waals surface area contributed by atoms with Gasteiger partial charge >= 0.3 is 0 Å². The number of aromatic amines is 1. The van der Waals surface area contributed by atoms with Crippen LogP contribution in [0.5, 0.6) is 0 Å². The van der Waals surface area contributed by atoms with E-state index in [1.807, 2.05) is 0 Å². The molecule has 0 saturated heterocycles. The maximum atomic E-state index is 11.3. The van der Waals surface area contributed by atoms with Crippen LogP contribution < -0.4 is 11.3 Å². The minimum atomic E-state index is -0.237. The van der Waals surface area contributed by atoms with Crippen LogP contribution in [-0.2, 0) is 0 Å². The van der Waals surface area contributed by atoms with Crippen LogP contribution >= 0.6 is 0 Å². The fourth-order valence-electron chi connectivity index (χ4n) is 1.14. The standard InChI is InChI=1S/C9H8N4O/c10-8-2-1-6(5-11-8)7-3-4-12-13-9(7)14/h1-5H,(H2,10,11)(H,13,14). The normalized spacial score (nSPS) is 10.0. The lowest BCUT2D eigenvalue weighted by molar-refractivity contribution is 0.991. The number of anilines is 1. The van der Waals surface area contributed by atoms with Crippen LogP contribution in [-0.4, -0.2) is 15.2 Å². The van der Waals surface area contributed by atoms with Crippen LogP contribution in [0.25, 0.3) is 11.1 Å². The van der Waals surface area contributed by atoms with Crippen molar-refractivity contribution < 1.29 is 0 Å². The first-order valence-electron chi connectivity index (χ1n) is 4.03. The Hall–Kier alpha value is -2.17. The van der Waals surface area contributed by atoms with Crippen LogP contribution in [0.15, 0.2) is 35.4 Å². The van der Waals surface area contributed by atoms with Crippen molar-refractivity contribution in [3.63, 3.8) is 0 Å². The van der Waals surface area contributed by atoms with E-state index in [2.05, 4.69) is 15.2 Å². The van der Waals surface area contributed by atoms with Crippen LogP contribution in [0.4, 0.5) is 5.82 Å². The highest BCUT2D eigenvalue weighted by Crippen LogP contribution is 2.13. The molecule has 3 N–H and O–H groups in total. The SMILES string of the molecule is Nc1ccc(-c2ccn[nH]c2=O)cn1. The largest absolute Gasteiger partial charge is 0.384 e. The van der Waals surface area contributed by atoms with Gasteiger partial charge in [0.2, 0.25) is 0 Å². The van der Waals surface area contributed by atoms with E-state index in [0.29, 0.717) is 11.4 Å². The summed E-state index contributed by atoms with van der Waals surface area (Å²) in [7, 11) is 0. The number of nitrogens with two attached hydrogens (primary N) is 1. The second-order valence-corrected chi connectivity index (χ2v) is 2.77. The fourth-order valence-corrected chi connectivity index (χ4v) is 1.14. The average Bonchev–Trinajstić information content (AvgIpc) is 2.20. The Balaban J connectivity index is 2.56. The molecule has 0 spiro atoms. The quantitative estimate of drug-likeness (QED) is 0.679. The Labute approximate surface area is 79.6 Å². The summed E-state index contributed by atoms with van der Waals surface area (Å²) in [5.41, 5.74) is 6.46. The van der Waals surface area contributed by atoms with Crippen molar-refractivity contribution in [2.75, 3.05) is 5.73 Å². The highest BCUT2D eigenvalue weighted by atomic mass is 16.1. The van der Waals surface area contributed by atoms with Gasteiger partial charge in [0.15, 0.2) is 0 Å². The summed E-state index contributed by atoms with van der Waals surface area (Å²) >= 11 is 0. The molecule has 0 amide bonds. The summed E-state index contributed by atoms with van der Waals surface area (Å²) in [5.74, 6) is 0.430. The molecule has 2 aromatic heterocycles. The molecular formula is C9H8N4O. The molecule has 2 aromatic rings. The van der Waals surface area contributed by atoms with E-state index in [0.717, 1.165) is 5.56 Å². The Morgan fingerprint density at radius 1 is 1.29 bits per heavy atom. The molecule has 0 aromatic carbocycles. The third kappa shape index (κ3) is 1.47. The third-order valence-electron chi connectivity index (χ3n) is 1.82. The Morgan fingerprint density at radius 2 is 2.14 bits per heavy atom. The number of aromatic nitrogens is 3. The highest BCUT2D eigenvalue weighted by molar-refractivity contribution is 5.61. The number of rotatable bonds is 1. The molecule has 0 aliphatic heterocycles. The summed E-state index contributed by atoms with van der Waals surface area (Å²) in [5, 5.41) is 5.95. The molecule has 0 atom stereocenters. The van der Waals surface area contributed by atoms with Gasteiger partial charge in [-0.3, -0.25) is 4.79 Å². The van der Waals surface area contributed by atoms with E-state index in [1.54, 1.807) is 24.4 Å². The van der Waals surface area contributed by atoms with Gasteiger partial charge in [0, 0.05) is 18.0 Å². The van der Waals surface area contributed by atoms with Gasteiger partial charge < -0.3 is 5.73 Å². The van der Waals surface area contributed by atoms with Gasteiger partial charge in [-0.2, -0.15) is 5.10 Å². The number of H-pyrrole nitrogens is 1. The fraction of sp³-hybridized carbons (Fsp3) is 0. The van der Waals surface area contributed by atoms with Crippen molar-refractivity contribution in [3.05, 3.63) is 40.9 Å². The Bertz CT molecular complexity index is 489. The number of hydrogen-bond acceptors (Lipinski definition) is 4. The van der Waals surface area contributed by atoms with Gasteiger partial charge in [-0.1, -0.05) is 0 Å². The molecule has 0 aliphatic carbocycles. The van der Waals surface area contributed by atoms with Gasteiger partial charge in [0.1, 0.15) is 5.82 Å². The summed E-state index contributed by atoms with van der Waals surface area (Å²) in [6, 6.07) is 5.02. The van der Waals surface area contributed by atoms with Gasteiger partial charge in [0.05, 0.1) is 5.56 Å². The first kappa shape index (κ1) is 8.43. The van der Waals surface area contributed by atoms with E-state index in [-0.39, 0.29) is 5.56 Å². The molecule has 2 rings (SSSR count). The Morgan fingerprint density at radius 3 is 2.79 bits per heavy atom. The summed E-state index contributed by atoms with van der Waals surface area (Å²) in [6.45, 7) is 0. The minimum absolute atomic E-state index is 0.237. The number of nitrogens with one attached hydrogen (secondary N) is 1. The van der Waals surface area contributed by atoms with Crippen LogP contribution in [0.1, 0.15) is 0 Å². The number of pyridine rings is 1. The molecule has 70 valence electrons.